The molecule has 0 spiro atoms. The summed E-state index contributed by atoms with van der Waals surface area (Å²) < 4.78 is 0. The molecule has 1 aromatic rings. The van der Waals surface area contributed by atoms with Crippen LogP contribution in [-0.4, -0.2) is 18.5 Å². The van der Waals surface area contributed by atoms with E-state index in [0.29, 0.717) is 12.6 Å². The van der Waals surface area contributed by atoms with E-state index >= 15 is 0 Å². The van der Waals surface area contributed by atoms with Gasteiger partial charge in [0.15, 0.2) is 0 Å². The van der Waals surface area contributed by atoms with Gasteiger partial charge in [0.05, 0.1) is 6.54 Å². The lowest BCUT2D eigenvalue weighted by Gasteiger charge is -2.19. The summed E-state index contributed by atoms with van der Waals surface area (Å²) in [5, 5.41) is 7.13. The molecule has 1 fully saturated rings. The second-order valence-corrected chi connectivity index (χ2v) is 6.29. The molecule has 21 heavy (non-hydrogen) atoms. The van der Waals surface area contributed by atoms with Gasteiger partial charge in [-0.3, -0.25) is 4.79 Å². The van der Waals surface area contributed by atoms with E-state index < -0.39 is 0 Å². The third-order valence-corrected chi connectivity index (χ3v) is 4.51. The summed E-state index contributed by atoms with van der Waals surface area (Å²) in [6, 6.07) is 8.17. The number of halogens is 1. The summed E-state index contributed by atoms with van der Waals surface area (Å²) in [6.07, 6.45) is 7.29. The second kappa shape index (κ2) is 8.40. The Kier molecular flexibility index (Phi) is 6.52. The molecule has 0 unspecified atom stereocenters. The molecule has 0 bridgehead atoms. The zero-order chi connectivity index (χ0) is 15.1. The average Bonchev–Trinajstić information content (AvgIpc) is 2.74. The van der Waals surface area contributed by atoms with Crippen molar-refractivity contribution in [2.45, 2.75) is 57.5 Å². The molecule has 0 aromatic heterocycles. The number of hydrogen-bond donors (Lipinski definition) is 2. The number of hydrogen-bond acceptors (Lipinski definition) is 2. The Morgan fingerprint density at radius 3 is 2.57 bits per heavy atom. The van der Waals surface area contributed by atoms with E-state index in [9.17, 15) is 4.79 Å². The molecule has 1 aliphatic carbocycles. The SMILES string of the molecule is C[C@H](NCC(=O)NC1CCCCCC1)c1ccccc1Cl. The molecule has 0 aliphatic heterocycles. The summed E-state index contributed by atoms with van der Waals surface area (Å²) >= 11 is 6.17. The largest absolute Gasteiger partial charge is 0.352 e. The summed E-state index contributed by atoms with van der Waals surface area (Å²) in [5.74, 6) is 0.0841. The van der Waals surface area contributed by atoms with Crippen LogP contribution in [0.3, 0.4) is 0 Å². The molecule has 1 saturated carbocycles. The minimum absolute atomic E-state index is 0.0681. The fourth-order valence-electron chi connectivity index (χ4n) is 2.88. The Bertz CT molecular complexity index is 456. The first kappa shape index (κ1) is 16.3. The van der Waals surface area contributed by atoms with Gasteiger partial charge >= 0.3 is 0 Å². The average molecular weight is 309 g/mol. The quantitative estimate of drug-likeness (QED) is 0.812. The van der Waals surface area contributed by atoms with Gasteiger partial charge in [-0.15, -0.1) is 0 Å². The maximum Gasteiger partial charge on any atom is 0.234 e. The van der Waals surface area contributed by atoms with Crippen molar-refractivity contribution in [1.82, 2.24) is 10.6 Å². The van der Waals surface area contributed by atoms with Crippen molar-refractivity contribution in [3.63, 3.8) is 0 Å². The zero-order valence-corrected chi connectivity index (χ0v) is 13.5. The normalized spacial score (nSPS) is 18.0. The lowest BCUT2D eigenvalue weighted by atomic mass is 10.1. The number of rotatable bonds is 5. The molecule has 0 saturated heterocycles. The van der Waals surface area contributed by atoms with E-state index in [1.165, 1.54) is 25.7 Å². The van der Waals surface area contributed by atoms with Crippen molar-refractivity contribution < 1.29 is 4.79 Å². The van der Waals surface area contributed by atoms with Crippen LogP contribution in [0.25, 0.3) is 0 Å². The zero-order valence-electron chi connectivity index (χ0n) is 12.7. The van der Waals surface area contributed by atoms with Crippen LogP contribution >= 0.6 is 11.6 Å². The predicted octanol–water partition coefficient (Wildman–Crippen LogP) is 3.83. The van der Waals surface area contributed by atoms with Gasteiger partial charge in [-0.25, -0.2) is 0 Å². The number of amides is 1. The summed E-state index contributed by atoms with van der Waals surface area (Å²) in [4.78, 5) is 12.0. The molecule has 0 heterocycles. The standard InChI is InChI=1S/C17H25ClN2O/c1-13(15-10-6-7-11-16(15)18)19-12-17(21)20-14-8-4-2-3-5-9-14/h6-7,10-11,13-14,19H,2-5,8-9,12H2,1H3,(H,20,21)/t13-/m0/s1. The van der Waals surface area contributed by atoms with E-state index in [1.807, 2.05) is 31.2 Å². The Morgan fingerprint density at radius 1 is 1.24 bits per heavy atom. The molecule has 1 aliphatic rings. The molecular weight excluding hydrogens is 284 g/mol. The molecule has 1 atom stereocenters. The van der Waals surface area contributed by atoms with Crippen molar-refractivity contribution in [3.05, 3.63) is 34.9 Å². The third-order valence-electron chi connectivity index (χ3n) is 4.16. The molecule has 4 heteroatoms. The van der Waals surface area contributed by atoms with Crippen molar-refractivity contribution in [3.8, 4) is 0 Å². The lowest BCUT2D eigenvalue weighted by molar-refractivity contribution is -0.121. The van der Waals surface area contributed by atoms with E-state index in [1.54, 1.807) is 0 Å². The lowest BCUT2D eigenvalue weighted by Crippen LogP contribution is -2.40. The van der Waals surface area contributed by atoms with Crippen LogP contribution in [0.4, 0.5) is 0 Å². The van der Waals surface area contributed by atoms with Gasteiger partial charge in [0.2, 0.25) is 5.91 Å². The van der Waals surface area contributed by atoms with Gasteiger partial charge in [-0.2, -0.15) is 0 Å². The summed E-state index contributed by atoms with van der Waals surface area (Å²) in [5.41, 5.74) is 1.03. The first-order valence-electron chi connectivity index (χ1n) is 7.94. The highest BCUT2D eigenvalue weighted by Gasteiger charge is 2.15. The van der Waals surface area contributed by atoms with Crippen LogP contribution in [0, 0.1) is 0 Å². The van der Waals surface area contributed by atoms with Crippen LogP contribution in [-0.2, 0) is 4.79 Å². The third kappa shape index (κ3) is 5.33. The maximum absolute atomic E-state index is 12.0. The van der Waals surface area contributed by atoms with Gasteiger partial charge in [-0.1, -0.05) is 55.5 Å². The van der Waals surface area contributed by atoms with Gasteiger partial charge in [0.25, 0.3) is 0 Å². The van der Waals surface area contributed by atoms with Crippen molar-refractivity contribution >= 4 is 17.5 Å². The Labute approximate surface area is 132 Å². The fourth-order valence-corrected chi connectivity index (χ4v) is 3.18. The van der Waals surface area contributed by atoms with Gasteiger partial charge in [0, 0.05) is 17.1 Å². The van der Waals surface area contributed by atoms with E-state index in [0.717, 1.165) is 23.4 Å². The van der Waals surface area contributed by atoms with Gasteiger partial charge < -0.3 is 10.6 Å². The highest BCUT2D eigenvalue weighted by Crippen LogP contribution is 2.22. The molecule has 2 rings (SSSR count). The first-order chi connectivity index (χ1) is 10.2. The predicted molar refractivity (Wildman–Crippen MR) is 87.5 cm³/mol. The Balaban J connectivity index is 1.76. The van der Waals surface area contributed by atoms with Crippen molar-refractivity contribution in [2.24, 2.45) is 0 Å². The highest BCUT2D eigenvalue weighted by molar-refractivity contribution is 6.31. The molecule has 1 aromatic carbocycles. The monoisotopic (exact) mass is 308 g/mol. The van der Waals surface area contributed by atoms with E-state index in [-0.39, 0.29) is 11.9 Å². The summed E-state index contributed by atoms with van der Waals surface area (Å²) in [7, 11) is 0. The van der Waals surface area contributed by atoms with Crippen LogP contribution in [0.2, 0.25) is 5.02 Å². The molecule has 2 N–H and O–H groups in total. The topological polar surface area (TPSA) is 41.1 Å². The number of carbonyl (C=O) groups excluding carboxylic acids is 1. The summed E-state index contributed by atoms with van der Waals surface area (Å²) in [6.45, 7) is 2.36. The smallest absolute Gasteiger partial charge is 0.234 e. The van der Waals surface area contributed by atoms with E-state index in [2.05, 4.69) is 10.6 Å². The minimum atomic E-state index is 0.0681. The number of carbonyl (C=O) groups is 1. The highest BCUT2D eigenvalue weighted by atomic mass is 35.5. The van der Waals surface area contributed by atoms with Crippen LogP contribution < -0.4 is 10.6 Å². The van der Waals surface area contributed by atoms with Crippen LogP contribution in [0.15, 0.2) is 24.3 Å². The molecule has 1 amide bonds. The van der Waals surface area contributed by atoms with Crippen molar-refractivity contribution in [2.75, 3.05) is 6.54 Å². The molecule has 3 nitrogen and oxygen atoms in total. The maximum atomic E-state index is 12.0. The van der Waals surface area contributed by atoms with Gasteiger partial charge in [0.1, 0.15) is 0 Å². The minimum Gasteiger partial charge on any atom is -0.352 e. The number of nitrogens with one attached hydrogen (secondary N) is 2. The first-order valence-corrected chi connectivity index (χ1v) is 8.32. The molecule has 0 radical (unpaired) electrons. The van der Waals surface area contributed by atoms with Crippen LogP contribution in [0.5, 0.6) is 0 Å². The Hall–Kier alpha value is -1.06. The van der Waals surface area contributed by atoms with Crippen molar-refractivity contribution in [1.29, 1.82) is 0 Å². The number of benzene rings is 1. The van der Waals surface area contributed by atoms with Crippen LogP contribution in [0.1, 0.15) is 57.1 Å². The fraction of sp³-hybridized carbons (Fsp3) is 0.588. The molecule has 116 valence electrons. The van der Waals surface area contributed by atoms with E-state index in [4.69, 9.17) is 11.6 Å². The molecular formula is C17H25ClN2O. The van der Waals surface area contributed by atoms with Gasteiger partial charge in [-0.05, 0) is 31.4 Å². The second-order valence-electron chi connectivity index (χ2n) is 5.88. The Morgan fingerprint density at radius 2 is 1.90 bits per heavy atom.